The number of carbonyl (C=O) groups excluding carboxylic acids is 1. The van der Waals surface area contributed by atoms with Gasteiger partial charge < -0.3 is 9.47 Å². The first-order valence-corrected chi connectivity index (χ1v) is 5.35. The molecule has 6 nitrogen and oxygen atoms in total. The number of esters is 1. The second kappa shape index (κ2) is 5.07. The highest BCUT2D eigenvalue weighted by Gasteiger charge is 2.17. The minimum absolute atomic E-state index is 0.180. The predicted octanol–water partition coefficient (Wildman–Crippen LogP) is 0.345. The van der Waals surface area contributed by atoms with Crippen molar-refractivity contribution in [1.29, 1.82) is 0 Å². The lowest BCUT2D eigenvalue weighted by atomic mass is 10.1. The van der Waals surface area contributed by atoms with Gasteiger partial charge in [0.15, 0.2) is 0 Å². The van der Waals surface area contributed by atoms with E-state index in [9.17, 15) is 4.79 Å². The average Bonchev–Trinajstić information content (AvgIpc) is 2.78. The van der Waals surface area contributed by atoms with Gasteiger partial charge in [0.25, 0.3) is 0 Å². The molecule has 0 bridgehead atoms. The fraction of sp³-hybridized carbons (Fsp3) is 0.700. The van der Waals surface area contributed by atoms with E-state index < -0.39 is 0 Å². The van der Waals surface area contributed by atoms with Crippen molar-refractivity contribution in [1.82, 2.24) is 15.0 Å². The molecule has 2 rings (SSSR count). The summed E-state index contributed by atoms with van der Waals surface area (Å²) in [5.74, 6) is -0.293. The molecule has 1 saturated heterocycles. The number of rotatable bonds is 3. The van der Waals surface area contributed by atoms with Crippen LogP contribution in [0.1, 0.15) is 24.6 Å². The molecule has 0 saturated carbocycles. The first-order chi connectivity index (χ1) is 7.79. The molecule has 0 amide bonds. The topological polar surface area (TPSA) is 66.2 Å². The predicted molar refractivity (Wildman–Crippen MR) is 54.8 cm³/mol. The third-order valence-electron chi connectivity index (χ3n) is 2.68. The summed E-state index contributed by atoms with van der Waals surface area (Å²) in [6, 6.07) is 0.340. The van der Waals surface area contributed by atoms with E-state index in [1.807, 2.05) is 10.9 Å². The molecule has 1 aromatic rings. The van der Waals surface area contributed by atoms with Crippen molar-refractivity contribution in [3.05, 3.63) is 11.9 Å². The van der Waals surface area contributed by atoms with Gasteiger partial charge in [-0.2, -0.15) is 0 Å². The quantitative estimate of drug-likeness (QED) is 0.694. The molecule has 0 spiro atoms. The third-order valence-corrected chi connectivity index (χ3v) is 2.68. The van der Waals surface area contributed by atoms with Crippen LogP contribution in [0.4, 0.5) is 0 Å². The Morgan fingerprint density at radius 1 is 1.62 bits per heavy atom. The number of carbonyl (C=O) groups is 1. The van der Waals surface area contributed by atoms with Gasteiger partial charge in [0.2, 0.25) is 0 Å². The Morgan fingerprint density at radius 2 is 2.38 bits per heavy atom. The van der Waals surface area contributed by atoms with E-state index >= 15 is 0 Å². The summed E-state index contributed by atoms with van der Waals surface area (Å²) < 4.78 is 11.7. The second-order valence-corrected chi connectivity index (χ2v) is 3.79. The molecule has 0 radical (unpaired) electrons. The first-order valence-electron chi connectivity index (χ1n) is 5.35. The highest BCUT2D eigenvalue weighted by molar-refractivity contribution is 5.71. The molecule has 88 valence electrons. The third kappa shape index (κ3) is 2.57. The molecule has 16 heavy (non-hydrogen) atoms. The Hall–Kier alpha value is -1.43. The lowest BCUT2D eigenvalue weighted by molar-refractivity contribution is -0.139. The molecule has 1 aliphatic heterocycles. The van der Waals surface area contributed by atoms with E-state index in [1.54, 1.807) is 0 Å². The van der Waals surface area contributed by atoms with Crippen molar-refractivity contribution >= 4 is 5.97 Å². The van der Waals surface area contributed by atoms with Gasteiger partial charge in [-0.1, -0.05) is 5.21 Å². The van der Waals surface area contributed by atoms with Gasteiger partial charge in [0, 0.05) is 19.4 Å². The summed E-state index contributed by atoms with van der Waals surface area (Å²) in [6.07, 6.45) is 3.88. The van der Waals surface area contributed by atoms with Gasteiger partial charge in [-0.25, -0.2) is 4.68 Å². The molecule has 6 heteroatoms. The number of nitrogens with zero attached hydrogens (tertiary/aromatic N) is 3. The van der Waals surface area contributed by atoms with Crippen LogP contribution in [0, 0.1) is 0 Å². The lowest BCUT2D eigenvalue weighted by Crippen LogP contribution is -2.20. The molecular weight excluding hydrogens is 210 g/mol. The zero-order valence-electron chi connectivity index (χ0n) is 9.26. The zero-order chi connectivity index (χ0) is 11.4. The largest absolute Gasteiger partial charge is 0.469 e. The Labute approximate surface area is 93.5 Å². The van der Waals surface area contributed by atoms with Gasteiger partial charge in [0.05, 0.1) is 25.3 Å². The highest BCUT2D eigenvalue weighted by Crippen LogP contribution is 2.19. The van der Waals surface area contributed by atoms with E-state index in [1.165, 1.54) is 7.11 Å². The molecule has 1 aliphatic rings. The summed E-state index contributed by atoms with van der Waals surface area (Å²) >= 11 is 0. The minimum atomic E-state index is -0.293. The van der Waals surface area contributed by atoms with Gasteiger partial charge >= 0.3 is 5.97 Å². The van der Waals surface area contributed by atoms with Crippen molar-refractivity contribution in [2.24, 2.45) is 0 Å². The lowest BCUT2D eigenvalue weighted by Gasteiger charge is -2.21. The van der Waals surface area contributed by atoms with E-state index in [0.29, 0.717) is 11.7 Å². The van der Waals surface area contributed by atoms with E-state index in [4.69, 9.17) is 4.74 Å². The molecule has 0 aliphatic carbocycles. The monoisotopic (exact) mass is 225 g/mol. The van der Waals surface area contributed by atoms with Crippen LogP contribution in [-0.2, 0) is 20.7 Å². The summed E-state index contributed by atoms with van der Waals surface area (Å²) in [4.78, 5) is 11.0. The number of aromatic nitrogens is 3. The van der Waals surface area contributed by atoms with Crippen LogP contribution in [0.25, 0.3) is 0 Å². The van der Waals surface area contributed by atoms with Gasteiger partial charge in [-0.05, 0) is 12.8 Å². The SMILES string of the molecule is COC(=O)Cc1cn(C2CCOCC2)nn1. The fourth-order valence-electron chi connectivity index (χ4n) is 1.74. The van der Waals surface area contributed by atoms with Crippen LogP contribution in [0.15, 0.2) is 6.20 Å². The summed E-state index contributed by atoms with van der Waals surface area (Å²) in [5, 5.41) is 7.98. The summed E-state index contributed by atoms with van der Waals surface area (Å²) in [6.45, 7) is 1.52. The van der Waals surface area contributed by atoms with E-state index in [-0.39, 0.29) is 12.4 Å². The van der Waals surface area contributed by atoms with Crippen LogP contribution in [0.3, 0.4) is 0 Å². The molecule has 1 fully saturated rings. The molecule has 0 N–H and O–H groups in total. The van der Waals surface area contributed by atoms with Crippen LogP contribution in [0.5, 0.6) is 0 Å². The number of methoxy groups -OCH3 is 1. The Bertz CT molecular complexity index is 358. The van der Waals surface area contributed by atoms with Crippen LogP contribution in [0.2, 0.25) is 0 Å². The van der Waals surface area contributed by atoms with Gasteiger partial charge in [-0.15, -0.1) is 5.10 Å². The molecule has 0 aromatic carbocycles. The average molecular weight is 225 g/mol. The molecular formula is C10H15N3O3. The zero-order valence-corrected chi connectivity index (χ0v) is 9.26. The maximum atomic E-state index is 11.0. The van der Waals surface area contributed by atoms with Crippen molar-refractivity contribution in [3.8, 4) is 0 Å². The number of ether oxygens (including phenoxy) is 2. The fourth-order valence-corrected chi connectivity index (χ4v) is 1.74. The second-order valence-electron chi connectivity index (χ2n) is 3.79. The standard InChI is InChI=1S/C10H15N3O3/c1-15-10(14)6-8-7-13(12-11-8)9-2-4-16-5-3-9/h7,9H,2-6H2,1H3. The van der Waals surface area contributed by atoms with Crippen molar-refractivity contribution < 1.29 is 14.3 Å². The summed E-state index contributed by atoms with van der Waals surface area (Å²) in [7, 11) is 1.37. The van der Waals surface area contributed by atoms with Gasteiger partial charge in [0.1, 0.15) is 0 Å². The highest BCUT2D eigenvalue weighted by atomic mass is 16.5. The molecule has 0 unspecified atom stereocenters. The van der Waals surface area contributed by atoms with E-state index in [2.05, 4.69) is 15.0 Å². The van der Waals surface area contributed by atoms with Crippen molar-refractivity contribution in [2.45, 2.75) is 25.3 Å². The van der Waals surface area contributed by atoms with Crippen molar-refractivity contribution in [3.63, 3.8) is 0 Å². The molecule has 2 heterocycles. The van der Waals surface area contributed by atoms with Crippen LogP contribution >= 0.6 is 0 Å². The number of hydrogen-bond acceptors (Lipinski definition) is 5. The van der Waals surface area contributed by atoms with Crippen LogP contribution in [-0.4, -0.2) is 41.3 Å². The Morgan fingerprint density at radius 3 is 3.06 bits per heavy atom. The van der Waals surface area contributed by atoms with E-state index in [0.717, 1.165) is 26.1 Å². The van der Waals surface area contributed by atoms with Crippen LogP contribution < -0.4 is 0 Å². The van der Waals surface area contributed by atoms with Crippen molar-refractivity contribution in [2.75, 3.05) is 20.3 Å². The Balaban J connectivity index is 1.98. The minimum Gasteiger partial charge on any atom is -0.469 e. The first kappa shape index (κ1) is 11.1. The number of hydrogen-bond donors (Lipinski definition) is 0. The molecule has 1 aromatic heterocycles. The van der Waals surface area contributed by atoms with Gasteiger partial charge in [-0.3, -0.25) is 4.79 Å². The Kier molecular flexibility index (Phi) is 3.51. The normalized spacial score (nSPS) is 17.3. The maximum Gasteiger partial charge on any atom is 0.311 e. The summed E-state index contributed by atoms with van der Waals surface area (Å²) in [5.41, 5.74) is 0.651. The smallest absolute Gasteiger partial charge is 0.311 e. The molecule has 0 atom stereocenters. The maximum absolute atomic E-state index is 11.0.